The number of hydrogen-bond donors (Lipinski definition) is 0. The molecule has 4 rings (SSSR count). The maximum Gasteiger partial charge on any atom is 0.416 e. The number of amides is 1. The monoisotopic (exact) mass is 575 g/mol. The minimum Gasteiger partial charge on any atom is -0.495 e. The summed E-state index contributed by atoms with van der Waals surface area (Å²) in [4.78, 5) is 17.0. The summed E-state index contributed by atoms with van der Waals surface area (Å²) in [6.45, 7) is 6.87. The van der Waals surface area contributed by atoms with Crippen LogP contribution in [0.2, 0.25) is 0 Å². The third-order valence-corrected chi connectivity index (χ3v) is 8.97. The molecule has 1 fully saturated rings. The molecule has 1 heterocycles. The summed E-state index contributed by atoms with van der Waals surface area (Å²) in [6, 6.07) is 14.5. The number of hydrogen-bond acceptors (Lipinski definition) is 5. The second kappa shape index (κ2) is 11.4. The molecular weight excluding hydrogens is 543 g/mol. The highest BCUT2D eigenvalue weighted by molar-refractivity contribution is 7.93. The molecule has 11 heteroatoms. The van der Waals surface area contributed by atoms with E-state index in [1.165, 1.54) is 25.3 Å². The number of carbonyl (C=O) groups excluding carboxylic acids is 1. The number of ether oxygens (including phenoxy) is 1. The Labute approximate surface area is 232 Å². The molecule has 7 nitrogen and oxygen atoms in total. The van der Waals surface area contributed by atoms with Crippen molar-refractivity contribution in [2.45, 2.75) is 31.8 Å². The Balaban J connectivity index is 1.65. The third kappa shape index (κ3) is 6.04. The van der Waals surface area contributed by atoms with Gasteiger partial charge in [-0.25, -0.2) is 8.42 Å². The molecule has 0 radical (unpaired) electrons. The van der Waals surface area contributed by atoms with Crippen molar-refractivity contribution < 1.29 is 31.1 Å². The second-order valence-corrected chi connectivity index (χ2v) is 11.6. The van der Waals surface area contributed by atoms with Crippen molar-refractivity contribution in [3.63, 3.8) is 0 Å². The van der Waals surface area contributed by atoms with Crippen molar-refractivity contribution in [3.8, 4) is 5.75 Å². The van der Waals surface area contributed by atoms with E-state index < -0.39 is 34.2 Å². The first-order valence-corrected chi connectivity index (χ1v) is 14.2. The number of alkyl halides is 3. The van der Waals surface area contributed by atoms with Crippen molar-refractivity contribution in [1.29, 1.82) is 0 Å². The first-order valence-electron chi connectivity index (χ1n) is 12.8. The van der Waals surface area contributed by atoms with Gasteiger partial charge in [0.05, 0.1) is 18.4 Å². The zero-order valence-electron chi connectivity index (χ0n) is 22.8. The summed E-state index contributed by atoms with van der Waals surface area (Å²) in [6.07, 6.45) is -4.69. The number of piperazine rings is 1. The fourth-order valence-corrected chi connectivity index (χ4v) is 6.40. The molecule has 3 aromatic rings. The van der Waals surface area contributed by atoms with Gasteiger partial charge in [0, 0.05) is 31.9 Å². The summed E-state index contributed by atoms with van der Waals surface area (Å²) in [5.74, 6) is -0.481. The summed E-state index contributed by atoms with van der Waals surface area (Å²) < 4.78 is 74.5. The summed E-state index contributed by atoms with van der Waals surface area (Å²) >= 11 is 0. The maximum absolute atomic E-state index is 13.9. The Morgan fingerprint density at radius 3 is 2.27 bits per heavy atom. The highest BCUT2D eigenvalue weighted by Crippen LogP contribution is 2.35. The smallest absolute Gasteiger partial charge is 0.416 e. The molecule has 0 N–H and O–H groups in total. The van der Waals surface area contributed by atoms with Gasteiger partial charge in [-0.2, -0.15) is 13.2 Å². The van der Waals surface area contributed by atoms with Crippen LogP contribution in [0.3, 0.4) is 0 Å². The van der Waals surface area contributed by atoms with Crippen LogP contribution < -0.4 is 13.9 Å². The minimum atomic E-state index is -4.69. The van der Waals surface area contributed by atoms with Crippen molar-refractivity contribution in [2.24, 2.45) is 0 Å². The molecule has 0 unspecified atom stereocenters. The average Bonchev–Trinajstić information content (AvgIpc) is 2.92. The number of anilines is 2. The van der Waals surface area contributed by atoms with Crippen LogP contribution in [0.25, 0.3) is 0 Å². The van der Waals surface area contributed by atoms with E-state index >= 15 is 0 Å². The van der Waals surface area contributed by atoms with Crippen LogP contribution >= 0.6 is 0 Å². The number of benzene rings is 3. The molecule has 0 saturated carbocycles. The Kier molecular flexibility index (Phi) is 8.34. The summed E-state index contributed by atoms with van der Waals surface area (Å²) in [5.41, 5.74) is 2.71. The Bertz CT molecular complexity index is 1500. The number of methoxy groups -OCH3 is 1. The van der Waals surface area contributed by atoms with Crippen molar-refractivity contribution in [2.75, 3.05) is 49.0 Å². The van der Waals surface area contributed by atoms with Gasteiger partial charge in [0.2, 0.25) is 5.91 Å². The van der Waals surface area contributed by atoms with Crippen LogP contribution in [-0.2, 0) is 21.0 Å². The third-order valence-electron chi connectivity index (χ3n) is 7.18. The molecule has 0 atom stereocenters. The van der Waals surface area contributed by atoms with Gasteiger partial charge >= 0.3 is 6.18 Å². The Morgan fingerprint density at radius 1 is 0.950 bits per heavy atom. The molecular formula is C29H32F3N3O4S. The lowest BCUT2D eigenvalue weighted by molar-refractivity contribution is -0.137. The predicted molar refractivity (Wildman–Crippen MR) is 148 cm³/mol. The van der Waals surface area contributed by atoms with Crippen LogP contribution in [0.5, 0.6) is 5.75 Å². The lowest BCUT2D eigenvalue weighted by atomic mass is 10.1. The van der Waals surface area contributed by atoms with Crippen molar-refractivity contribution in [3.05, 3.63) is 82.9 Å². The molecule has 40 heavy (non-hydrogen) atoms. The molecule has 0 aliphatic carbocycles. The Hall–Kier alpha value is -3.73. The number of rotatable bonds is 7. The largest absolute Gasteiger partial charge is 0.495 e. The molecule has 3 aromatic carbocycles. The lowest BCUT2D eigenvalue weighted by Crippen LogP contribution is -2.52. The van der Waals surface area contributed by atoms with Crippen LogP contribution in [0, 0.1) is 20.8 Å². The van der Waals surface area contributed by atoms with Gasteiger partial charge in [0.25, 0.3) is 10.0 Å². The van der Waals surface area contributed by atoms with Crippen LogP contribution in [0.1, 0.15) is 22.3 Å². The molecule has 1 amide bonds. The van der Waals surface area contributed by atoms with E-state index in [9.17, 15) is 26.4 Å². The van der Waals surface area contributed by atoms with E-state index in [2.05, 4.69) is 4.90 Å². The van der Waals surface area contributed by atoms with E-state index in [4.69, 9.17) is 4.74 Å². The molecule has 0 aromatic heterocycles. The maximum atomic E-state index is 13.9. The van der Waals surface area contributed by atoms with Crippen LogP contribution in [0.4, 0.5) is 24.5 Å². The number of nitrogens with zero attached hydrogens (tertiary/aromatic N) is 3. The normalized spacial score (nSPS) is 14.3. The molecule has 0 bridgehead atoms. The molecule has 1 aliphatic rings. The minimum absolute atomic E-state index is 0.0252. The van der Waals surface area contributed by atoms with E-state index in [0.29, 0.717) is 31.7 Å². The van der Waals surface area contributed by atoms with Crippen LogP contribution in [-0.4, -0.2) is 59.1 Å². The lowest BCUT2D eigenvalue weighted by Gasteiger charge is -2.38. The average molecular weight is 576 g/mol. The quantitative estimate of drug-likeness (QED) is 0.388. The van der Waals surface area contributed by atoms with E-state index in [-0.39, 0.29) is 16.3 Å². The predicted octanol–water partition coefficient (Wildman–Crippen LogP) is 5.18. The highest BCUT2D eigenvalue weighted by atomic mass is 32.2. The van der Waals surface area contributed by atoms with Gasteiger partial charge < -0.3 is 14.5 Å². The van der Waals surface area contributed by atoms with Gasteiger partial charge in [0.15, 0.2) is 0 Å². The SMILES string of the molecule is COc1ccc(C)cc1S(=O)(=O)N(CC(=O)N1CCN(c2cccc(C)c2C)CC1)c1cccc(C(F)(F)F)c1. The first kappa shape index (κ1) is 29.3. The highest BCUT2D eigenvalue weighted by Gasteiger charge is 2.35. The van der Waals surface area contributed by atoms with Crippen molar-refractivity contribution >= 4 is 27.3 Å². The summed E-state index contributed by atoms with van der Waals surface area (Å²) in [5, 5.41) is 0. The van der Waals surface area contributed by atoms with Crippen LogP contribution in [0.15, 0.2) is 65.6 Å². The number of halogens is 3. The van der Waals surface area contributed by atoms with E-state index in [1.54, 1.807) is 17.9 Å². The molecule has 1 saturated heterocycles. The molecule has 0 spiro atoms. The fraction of sp³-hybridized carbons (Fsp3) is 0.345. The van der Waals surface area contributed by atoms with Gasteiger partial charge in [-0.05, 0) is 73.9 Å². The summed E-state index contributed by atoms with van der Waals surface area (Å²) in [7, 11) is -3.19. The van der Waals surface area contributed by atoms with Gasteiger partial charge in [0.1, 0.15) is 17.2 Å². The zero-order chi connectivity index (χ0) is 29.2. The number of sulfonamides is 1. The van der Waals surface area contributed by atoms with Gasteiger partial charge in [-0.15, -0.1) is 0 Å². The van der Waals surface area contributed by atoms with E-state index in [0.717, 1.165) is 39.3 Å². The number of aryl methyl sites for hydroxylation is 2. The van der Waals surface area contributed by atoms with Gasteiger partial charge in [-0.1, -0.05) is 24.3 Å². The number of carbonyl (C=O) groups is 1. The Morgan fingerprint density at radius 2 is 1.62 bits per heavy atom. The first-order chi connectivity index (χ1) is 18.8. The van der Waals surface area contributed by atoms with E-state index in [1.807, 2.05) is 32.0 Å². The fourth-order valence-electron chi connectivity index (χ4n) is 4.75. The topological polar surface area (TPSA) is 70.2 Å². The van der Waals surface area contributed by atoms with Gasteiger partial charge in [-0.3, -0.25) is 9.10 Å². The molecule has 214 valence electrons. The second-order valence-electron chi connectivity index (χ2n) is 9.80. The standard InChI is InChI=1S/C29H32F3N3O4S/c1-20-11-12-26(39-4)27(17-20)40(37,38)35(24-9-6-8-23(18-24)29(30,31)32)19-28(36)34-15-13-33(14-16-34)25-10-5-7-21(2)22(25)3/h5-12,17-18H,13-16,19H2,1-4H3. The van der Waals surface area contributed by atoms with Crippen molar-refractivity contribution in [1.82, 2.24) is 4.90 Å². The molecule has 1 aliphatic heterocycles. The zero-order valence-corrected chi connectivity index (χ0v) is 23.6.